The minimum atomic E-state index is -0.0781. The number of aryl methyl sites for hydroxylation is 1. The van der Waals surface area contributed by atoms with Gasteiger partial charge in [-0.2, -0.15) is 4.98 Å². The van der Waals surface area contributed by atoms with Gasteiger partial charge < -0.3 is 9.84 Å². The molecule has 1 unspecified atom stereocenters. The predicted molar refractivity (Wildman–Crippen MR) is 98.8 cm³/mol. The number of halogens is 1. The van der Waals surface area contributed by atoms with E-state index in [0.29, 0.717) is 24.6 Å². The van der Waals surface area contributed by atoms with Crippen LogP contribution in [0, 0.1) is 0 Å². The molecular weight excluding hydrogens is 382 g/mol. The number of hydrogen-bond donors (Lipinski definition) is 1. The monoisotopic (exact) mass is 399 g/mol. The molecule has 3 rings (SSSR count). The molecule has 5 nitrogen and oxygen atoms in total. The molecule has 0 saturated carbocycles. The van der Waals surface area contributed by atoms with E-state index in [1.807, 2.05) is 61.5 Å². The highest BCUT2D eigenvalue weighted by molar-refractivity contribution is 9.10. The van der Waals surface area contributed by atoms with Crippen molar-refractivity contribution in [3.63, 3.8) is 0 Å². The van der Waals surface area contributed by atoms with Crippen LogP contribution in [0.4, 0.5) is 0 Å². The molecule has 1 heterocycles. The highest BCUT2D eigenvalue weighted by Gasteiger charge is 2.14. The van der Waals surface area contributed by atoms with Gasteiger partial charge in [0.05, 0.1) is 6.04 Å². The zero-order valence-electron chi connectivity index (χ0n) is 13.8. The topological polar surface area (TPSA) is 68.0 Å². The standard InChI is InChI=1S/C19H18BrN3O2/c1-13(15-9-5-6-10-16(15)20)21-17(24)11-12-18-22-19(23-25-18)14-7-3-2-4-8-14/h2-10,13H,11-12H2,1H3,(H,21,24). The minimum Gasteiger partial charge on any atom is -0.350 e. The van der Waals surface area contributed by atoms with Crippen molar-refractivity contribution >= 4 is 21.8 Å². The van der Waals surface area contributed by atoms with E-state index in [9.17, 15) is 4.79 Å². The third-order valence-electron chi connectivity index (χ3n) is 3.82. The molecule has 0 bridgehead atoms. The van der Waals surface area contributed by atoms with Crippen LogP contribution < -0.4 is 5.32 Å². The summed E-state index contributed by atoms with van der Waals surface area (Å²) in [5, 5.41) is 6.95. The van der Waals surface area contributed by atoms with Gasteiger partial charge in [-0.3, -0.25) is 4.79 Å². The Morgan fingerprint density at radius 2 is 1.88 bits per heavy atom. The van der Waals surface area contributed by atoms with Crippen molar-refractivity contribution in [1.29, 1.82) is 0 Å². The number of nitrogens with one attached hydrogen (secondary N) is 1. The maximum absolute atomic E-state index is 12.2. The second-order valence-electron chi connectivity index (χ2n) is 5.69. The third-order valence-corrected chi connectivity index (χ3v) is 4.54. The molecular formula is C19H18BrN3O2. The van der Waals surface area contributed by atoms with Gasteiger partial charge in [-0.1, -0.05) is 69.6 Å². The maximum atomic E-state index is 12.2. The fraction of sp³-hybridized carbons (Fsp3) is 0.211. The van der Waals surface area contributed by atoms with E-state index < -0.39 is 0 Å². The molecule has 0 fully saturated rings. The Morgan fingerprint density at radius 3 is 2.64 bits per heavy atom. The van der Waals surface area contributed by atoms with Gasteiger partial charge >= 0.3 is 0 Å². The average molecular weight is 400 g/mol. The Morgan fingerprint density at radius 1 is 1.16 bits per heavy atom. The lowest BCUT2D eigenvalue weighted by atomic mass is 10.1. The molecule has 1 atom stereocenters. The SMILES string of the molecule is CC(NC(=O)CCc1nc(-c2ccccc2)no1)c1ccccc1Br. The van der Waals surface area contributed by atoms with Crippen molar-refractivity contribution in [1.82, 2.24) is 15.5 Å². The first kappa shape index (κ1) is 17.4. The van der Waals surface area contributed by atoms with E-state index in [1.165, 1.54) is 0 Å². The third kappa shape index (κ3) is 4.54. The second kappa shape index (κ2) is 8.07. The van der Waals surface area contributed by atoms with Crippen LogP contribution in [-0.4, -0.2) is 16.0 Å². The molecule has 1 N–H and O–H groups in total. The van der Waals surface area contributed by atoms with Crippen LogP contribution >= 0.6 is 15.9 Å². The molecule has 0 spiro atoms. The van der Waals surface area contributed by atoms with Crippen molar-refractivity contribution in [2.24, 2.45) is 0 Å². The number of amides is 1. The summed E-state index contributed by atoms with van der Waals surface area (Å²) in [5.41, 5.74) is 1.93. The van der Waals surface area contributed by atoms with Gasteiger partial charge in [0.25, 0.3) is 0 Å². The highest BCUT2D eigenvalue weighted by Crippen LogP contribution is 2.22. The summed E-state index contributed by atoms with van der Waals surface area (Å²) in [6, 6.07) is 17.4. The van der Waals surface area contributed by atoms with Gasteiger partial charge in [-0.15, -0.1) is 0 Å². The molecule has 1 aromatic heterocycles. The predicted octanol–water partition coefficient (Wildman–Crippen LogP) is 4.31. The normalized spacial score (nSPS) is 11.9. The number of benzene rings is 2. The van der Waals surface area contributed by atoms with Gasteiger partial charge in [0.2, 0.25) is 17.6 Å². The Balaban J connectivity index is 1.54. The van der Waals surface area contributed by atoms with Gasteiger partial charge in [0, 0.05) is 22.9 Å². The fourth-order valence-electron chi connectivity index (χ4n) is 2.50. The fourth-order valence-corrected chi connectivity index (χ4v) is 3.13. The lowest BCUT2D eigenvalue weighted by Gasteiger charge is -2.15. The number of aromatic nitrogens is 2. The minimum absolute atomic E-state index is 0.0530. The molecule has 0 aliphatic heterocycles. The molecule has 6 heteroatoms. The Kier molecular flexibility index (Phi) is 5.60. The van der Waals surface area contributed by atoms with Gasteiger partial charge in [-0.25, -0.2) is 0 Å². The van der Waals surface area contributed by atoms with Crippen LogP contribution in [0.15, 0.2) is 63.6 Å². The summed E-state index contributed by atoms with van der Waals surface area (Å²) in [5.74, 6) is 0.947. The number of carbonyl (C=O) groups excluding carboxylic acids is 1. The van der Waals surface area contributed by atoms with Crippen molar-refractivity contribution in [3.8, 4) is 11.4 Å². The zero-order valence-corrected chi connectivity index (χ0v) is 15.4. The lowest BCUT2D eigenvalue weighted by Crippen LogP contribution is -2.27. The summed E-state index contributed by atoms with van der Waals surface area (Å²) >= 11 is 3.50. The lowest BCUT2D eigenvalue weighted by molar-refractivity contribution is -0.121. The van der Waals surface area contributed by atoms with E-state index in [0.717, 1.165) is 15.6 Å². The quantitative estimate of drug-likeness (QED) is 0.670. The second-order valence-corrected chi connectivity index (χ2v) is 6.54. The van der Waals surface area contributed by atoms with Gasteiger partial charge in [-0.05, 0) is 18.6 Å². The van der Waals surface area contributed by atoms with Crippen LogP contribution in [0.5, 0.6) is 0 Å². The highest BCUT2D eigenvalue weighted by atomic mass is 79.9. The van der Waals surface area contributed by atoms with Crippen LogP contribution in [-0.2, 0) is 11.2 Å². The van der Waals surface area contributed by atoms with Crippen LogP contribution in [0.25, 0.3) is 11.4 Å². The van der Waals surface area contributed by atoms with Gasteiger partial charge in [0.15, 0.2) is 0 Å². The molecule has 0 radical (unpaired) electrons. The number of nitrogens with zero attached hydrogens (tertiary/aromatic N) is 2. The maximum Gasteiger partial charge on any atom is 0.227 e. The van der Waals surface area contributed by atoms with Crippen LogP contribution in [0.1, 0.15) is 30.8 Å². The van der Waals surface area contributed by atoms with Crippen molar-refractivity contribution in [2.45, 2.75) is 25.8 Å². The average Bonchev–Trinajstić information content (AvgIpc) is 3.10. The van der Waals surface area contributed by atoms with E-state index in [2.05, 4.69) is 31.4 Å². The molecule has 3 aromatic rings. The van der Waals surface area contributed by atoms with Crippen LogP contribution in [0.3, 0.4) is 0 Å². The summed E-state index contributed by atoms with van der Waals surface area (Å²) in [6.07, 6.45) is 0.708. The summed E-state index contributed by atoms with van der Waals surface area (Å²) < 4.78 is 6.21. The Labute approximate surface area is 154 Å². The number of rotatable bonds is 6. The molecule has 1 amide bonds. The zero-order chi connectivity index (χ0) is 17.6. The summed E-state index contributed by atoms with van der Waals surface area (Å²) in [7, 11) is 0. The van der Waals surface area contributed by atoms with E-state index >= 15 is 0 Å². The molecule has 0 aliphatic carbocycles. The molecule has 0 saturated heterocycles. The number of hydrogen-bond acceptors (Lipinski definition) is 4. The summed E-state index contributed by atoms with van der Waals surface area (Å²) in [4.78, 5) is 16.5. The largest absolute Gasteiger partial charge is 0.350 e. The Hall–Kier alpha value is -2.47. The first-order valence-corrected chi connectivity index (χ1v) is 8.84. The van der Waals surface area contributed by atoms with Crippen molar-refractivity contribution in [3.05, 3.63) is 70.5 Å². The molecule has 25 heavy (non-hydrogen) atoms. The first-order chi connectivity index (χ1) is 12.1. The smallest absolute Gasteiger partial charge is 0.227 e. The Bertz CT molecular complexity index is 849. The first-order valence-electron chi connectivity index (χ1n) is 8.05. The molecule has 0 aliphatic rings. The van der Waals surface area contributed by atoms with E-state index in [-0.39, 0.29) is 11.9 Å². The van der Waals surface area contributed by atoms with Crippen LogP contribution in [0.2, 0.25) is 0 Å². The molecule has 2 aromatic carbocycles. The van der Waals surface area contributed by atoms with Crippen molar-refractivity contribution < 1.29 is 9.32 Å². The van der Waals surface area contributed by atoms with E-state index in [4.69, 9.17) is 4.52 Å². The van der Waals surface area contributed by atoms with E-state index in [1.54, 1.807) is 0 Å². The number of carbonyl (C=O) groups is 1. The molecule has 128 valence electrons. The summed E-state index contributed by atoms with van der Waals surface area (Å²) in [6.45, 7) is 1.96. The van der Waals surface area contributed by atoms with Crippen molar-refractivity contribution in [2.75, 3.05) is 0 Å². The van der Waals surface area contributed by atoms with Gasteiger partial charge in [0.1, 0.15) is 0 Å².